The highest BCUT2D eigenvalue weighted by Gasteiger charge is 2.15. The predicted molar refractivity (Wildman–Crippen MR) is 68.3 cm³/mol. The molecule has 5 heteroatoms. The van der Waals surface area contributed by atoms with Crippen LogP contribution in [0.5, 0.6) is 11.5 Å². The first-order valence-corrected chi connectivity index (χ1v) is 6.47. The van der Waals surface area contributed by atoms with Crippen molar-refractivity contribution in [2.24, 2.45) is 12.8 Å². The molecule has 1 saturated heterocycles. The van der Waals surface area contributed by atoms with Crippen molar-refractivity contribution in [2.75, 3.05) is 26.2 Å². The maximum atomic E-state index is 9.83. The standard InChI is InChI=1S/C13H21N3O2/c1-15-10-13(12(17)8-11(15)9-14)18-7-6-16-4-2-3-5-16/h8,10H,2-7,9,14H2,1H3/p+1. The molecule has 0 aromatic carbocycles. The number of hydrogen-bond acceptors (Lipinski definition) is 4. The van der Waals surface area contributed by atoms with Crippen LogP contribution in [0, 0.1) is 0 Å². The summed E-state index contributed by atoms with van der Waals surface area (Å²) >= 11 is 0. The van der Waals surface area contributed by atoms with E-state index in [1.807, 2.05) is 11.6 Å². The van der Waals surface area contributed by atoms with Gasteiger partial charge in [-0.15, -0.1) is 0 Å². The number of likely N-dealkylation sites (tertiary alicyclic amines) is 1. The van der Waals surface area contributed by atoms with Crippen molar-refractivity contribution in [3.05, 3.63) is 18.0 Å². The lowest BCUT2D eigenvalue weighted by molar-refractivity contribution is -0.679. The van der Waals surface area contributed by atoms with Gasteiger partial charge in [0.25, 0.3) is 0 Å². The first kappa shape index (κ1) is 13.1. The summed E-state index contributed by atoms with van der Waals surface area (Å²) in [5.41, 5.74) is 6.45. The van der Waals surface area contributed by atoms with E-state index in [0.29, 0.717) is 18.9 Å². The zero-order valence-electron chi connectivity index (χ0n) is 10.9. The Bertz CT molecular complexity index is 403. The lowest BCUT2D eigenvalue weighted by Gasteiger charge is -2.14. The molecule has 0 radical (unpaired) electrons. The summed E-state index contributed by atoms with van der Waals surface area (Å²) in [6.45, 7) is 4.25. The number of nitrogens with zero attached hydrogens (tertiary/aromatic N) is 2. The van der Waals surface area contributed by atoms with Gasteiger partial charge in [0.1, 0.15) is 13.7 Å². The number of aromatic hydroxyl groups is 1. The molecule has 2 heterocycles. The molecule has 1 fully saturated rings. The van der Waals surface area contributed by atoms with Gasteiger partial charge in [0.15, 0.2) is 11.4 Å². The van der Waals surface area contributed by atoms with Crippen molar-refractivity contribution in [2.45, 2.75) is 19.4 Å². The maximum Gasteiger partial charge on any atom is 0.225 e. The third kappa shape index (κ3) is 3.11. The average molecular weight is 252 g/mol. The summed E-state index contributed by atoms with van der Waals surface area (Å²) in [4.78, 5) is 2.38. The first-order valence-electron chi connectivity index (χ1n) is 6.47. The molecule has 18 heavy (non-hydrogen) atoms. The number of nitrogens with two attached hydrogens (primary N) is 1. The van der Waals surface area contributed by atoms with Crippen LogP contribution >= 0.6 is 0 Å². The number of ether oxygens (including phenoxy) is 1. The van der Waals surface area contributed by atoms with Crippen molar-refractivity contribution in [3.8, 4) is 11.5 Å². The third-order valence-electron chi connectivity index (χ3n) is 3.39. The van der Waals surface area contributed by atoms with Gasteiger partial charge in [-0.2, -0.15) is 0 Å². The molecule has 1 aliphatic heterocycles. The Labute approximate surface area is 108 Å². The molecule has 1 aromatic heterocycles. The van der Waals surface area contributed by atoms with Crippen LogP contribution in [0.25, 0.3) is 0 Å². The van der Waals surface area contributed by atoms with E-state index in [2.05, 4.69) is 4.90 Å². The van der Waals surface area contributed by atoms with Crippen LogP contribution in [-0.4, -0.2) is 36.2 Å². The molecule has 2 rings (SSSR count). The molecule has 0 saturated carbocycles. The Morgan fingerprint density at radius 1 is 1.44 bits per heavy atom. The van der Waals surface area contributed by atoms with E-state index in [9.17, 15) is 5.11 Å². The number of aromatic nitrogens is 1. The topological polar surface area (TPSA) is 62.6 Å². The van der Waals surface area contributed by atoms with Crippen LogP contribution in [0.2, 0.25) is 0 Å². The lowest BCUT2D eigenvalue weighted by atomic mass is 10.3. The van der Waals surface area contributed by atoms with E-state index in [0.717, 1.165) is 25.3 Å². The van der Waals surface area contributed by atoms with E-state index in [-0.39, 0.29) is 5.75 Å². The Morgan fingerprint density at radius 2 is 2.17 bits per heavy atom. The van der Waals surface area contributed by atoms with Gasteiger partial charge in [0.2, 0.25) is 11.9 Å². The highest BCUT2D eigenvalue weighted by molar-refractivity contribution is 5.35. The van der Waals surface area contributed by atoms with Crippen LogP contribution in [0.3, 0.4) is 0 Å². The second kappa shape index (κ2) is 6.02. The van der Waals surface area contributed by atoms with E-state index >= 15 is 0 Å². The smallest absolute Gasteiger partial charge is 0.225 e. The van der Waals surface area contributed by atoms with E-state index in [4.69, 9.17) is 10.5 Å². The first-order chi connectivity index (χ1) is 8.70. The normalized spacial score (nSPS) is 16.1. The van der Waals surface area contributed by atoms with Gasteiger partial charge in [-0.3, -0.25) is 4.90 Å². The largest absolute Gasteiger partial charge is 0.504 e. The summed E-state index contributed by atoms with van der Waals surface area (Å²) < 4.78 is 7.51. The minimum atomic E-state index is 0.162. The molecule has 5 nitrogen and oxygen atoms in total. The Kier molecular flexibility index (Phi) is 4.38. The molecular weight excluding hydrogens is 230 g/mol. The minimum Gasteiger partial charge on any atom is -0.504 e. The van der Waals surface area contributed by atoms with Crippen LogP contribution in [0.15, 0.2) is 12.3 Å². The van der Waals surface area contributed by atoms with Crippen molar-refractivity contribution >= 4 is 0 Å². The van der Waals surface area contributed by atoms with Crippen molar-refractivity contribution in [3.63, 3.8) is 0 Å². The second-order valence-electron chi connectivity index (χ2n) is 4.73. The fourth-order valence-electron chi connectivity index (χ4n) is 2.26. The molecule has 1 aliphatic rings. The summed E-state index contributed by atoms with van der Waals surface area (Å²) in [6, 6.07) is 1.66. The van der Waals surface area contributed by atoms with Gasteiger partial charge in [0, 0.05) is 6.54 Å². The van der Waals surface area contributed by atoms with Crippen LogP contribution < -0.4 is 15.0 Å². The molecule has 1 aromatic rings. The molecule has 0 amide bonds. The summed E-state index contributed by atoms with van der Waals surface area (Å²) in [5, 5.41) is 9.83. The van der Waals surface area contributed by atoms with Gasteiger partial charge in [-0.05, 0) is 25.9 Å². The van der Waals surface area contributed by atoms with Gasteiger partial charge >= 0.3 is 0 Å². The monoisotopic (exact) mass is 252 g/mol. The van der Waals surface area contributed by atoms with Crippen LogP contribution in [0.1, 0.15) is 18.5 Å². The molecule has 100 valence electrons. The summed E-state index contributed by atoms with van der Waals surface area (Å²) in [5.74, 6) is 0.684. The van der Waals surface area contributed by atoms with E-state index < -0.39 is 0 Å². The molecule has 0 unspecified atom stereocenters. The lowest BCUT2D eigenvalue weighted by Crippen LogP contribution is -2.35. The Balaban J connectivity index is 1.90. The van der Waals surface area contributed by atoms with Gasteiger partial charge in [0.05, 0.1) is 12.6 Å². The highest BCUT2D eigenvalue weighted by Crippen LogP contribution is 2.24. The quantitative estimate of drug-likeness (QED) is 0.732. The van der Waals surface area contributed by atoms with Crippen LogP contribution in [0.4, 0.5) is 0 Å². The fourth-order valence-corrected chi connectivity index (χ4v) is 2.26. The van der Waals surface area contributed by atoms with Gasteiger partial charge in [-0.1, -0.05) is 0 Å². The second-order valence-corrected chi connectivity index (χ2v) is 4.73. The average Bonchev–Trinajstić information content (AvgIpc) is 2.86. The zero-order chi connectivity index (χ0) is 13.0. The van der Waals surface area contributed by atoms with E-state index in [1.165, 1.54) is 12.8 Å². The van der Waals surface area contributed by atoms with Crippen molar-refractivity contribution < 1.29 is 14.4 Å². The van der Waals surface area contributed by atoms with Gasteiger partial charge < -0.3 is 15.6 Å². The highest BCUT2D eigenvalue weighted by atomic mass is 16.5. The predicted octanol–water partition coefficient (Wildman–Crippen LogP) is 0.150. The molecule has 0 spiro atoms. The number of rotatable bonds is 5. The van der Waals surface area contributed by atoms with Crippen molar-refractivity contribution in [1.82, 2.24) is 4.90 Å². The molecule has 0 bridgehead atoms. The van der Waals surface area contributed by atoms with Crippen LogP contribution in [-0.2, 0) is 13.6 Å². The van der Waals surface area contributed by atoms with Crippen molar-refractivity contribution in [1.29, 1.82) is 0 Å². The van der Waals surface area contributed by atoms with Gasteiger partial charge in [-0.25, -0.2) is 4.57 Å². The molecule has 0 aliphatic carbocycles. The zero-order valence-corrected chi connectivity index (χ0v) is 10.9. The third-order valence-corrected chi connectivity index (χ3v) is 3.39. The Hall–Kier alpha value is -1.33. The number of pyridine rings is 1. The maximum absolute atomic E-state index is 9.83. The minimum absolute atomic E-state index is 0.162. The molecule has 0 atom stereocenters. The fraction of sp³-hybridized carbons (Fsp3) is 0.615. The summed E-state index contributed by atoms with van der Waals surface area (Å²) in [7, 11) is 1.90. The Morgan fingerprint density at radius 3 is 2.83 bits per heavy atom. The molecular formula is C13H22N3O2+. The van der Waals surface area contributed by atoms with E-state index in [1.54, 1.807) is 12.3 Å². The SMILES string of the molecule is C[n+]1cc(OCCN2CCCC2)c(O)cc1CN. The number of aryl methyl sites for hydroxylation is 1. The molecule has 3 N–H and O–H groups in total. The number of hydrogen-bond donors (Lipinski definition) is 2. The summed E-state index contributed by atoms with van der Waals surface area (Å²) in [6.07, 6.45) is 4.35.